The van der Waals surface area contributed by atoms with Gasteiger partial charge in [-0.05, 0) is 10.8 Å². The van der Waals surface area contributed by atoms with E-state index in [2.05, 4.69) is 110 Å². The number of hydrogen-bond donors (Lipinski definition) is 0. The van der Waals surface area contributed by atoms with Crippen LogP contribution >= 0.6 is 0 Å². The minimum absolute atomic E-state index is 0. The largest absolute Gasteiger partial charge is 1.00 e. The van der Waals surface area contributed by atoms with Gasteiger partial charge in [0.1, 0.15) is 0 Å². The first-order valence-electron chi connectivity index (χ1n) is 10.8. The van der Waals surface area contributed by atoms with Gasteiger partial charge in [0.25, 0.3) is 0 Å². The maximum Gasteiger partial charge on any atom is -0.109 e. The molecule has 0 radical (unpaired) electrons. The SMILES string of the molecule is CC(C)(C)c1ccc2c(c1)[cH-]c1cc(C(C)(C)C)ccc12.C[C](C)=[Hf+2].[C-]1=CC=CC1.[Cl-].[Cl-]. The van der Waals surface area contributed by atoms with E-state index in [-0.39, 0.29) is 35.6 Å². The zero-order chi connectivity index (χ0) is 22.5. The smallest absolute Gasteiger partial charge is 0.109 e. The molecule has 0 nitrogen and oxygen atoms in total. The van der Waals surface area contributed by atoms with Gasteiger partial charge in [-0.1, -0.05) is 76.9 Å². The Morgan fingerprint density at radius 2 is 1.22 bits per heavy atom. The predicted octanol–water partition coefficient (Wildman–Crippen LogP) is 2.37. The molecule has 172 valence electrons. The molecule has 0 aromatic heterocycles. The van der Waals surface area contributed by atoms with E-state index in [1.54, 1.807) is 3.26 Å². The first-order valence-corrected chi connectivity index (χ1v) is 12.6. The van der Waals surface area contributed by atoms with E-state index in [1.807, 2.05) is 12.2 Å². The van der Waals surface area contributed by atoms with E-state index >= 15 is 0 Å². The Balaban J connectivity index is 0.000000739. The van der Waals surface area contributed by atoms with Gasteiger partial charge >= 0.3 is 41.0 Å². The predicted molar refractivity (Wildman–Crippen MR) is 132 cm³/mol. The van der Waals surface area contributed by atoms with Crippen molar-refractivity contribution in [3.63, 3.8) is 0 Å². The molecule has 0 spiro atoms. The summed E-state index contributed by atoms with van der Waals surface area (Å²) in [5.74, 6) is 0. The second-order valence-electron chi connectivity index (χ2n) is 10.3. The van der Waals surface area contributed by atoms with Crippen LogP contribution in [0.15, 0.2) is 60.7 Å². The van der Waals surface area contributed by atoms with Crippen LogP contribution in [0.25, 0.3) is 21.5 Å². The molecule has 32 heavy (non-hydrogen) atoms. The summed E-state index contributed by atoms with van der Waals surface area (Å²) in [5, 5.41) is 5.48. The Bertz CT molecular complexity index is 988. The van der Waals surface area contributed by atoms with Gasteiger partial charge in [0.05, 0.1) is 0 Å². The van der Waals surface area contributed by atoms with Crippen LogP contribution in [0, 0.1) is 6.08 Å². The summed E-state index contributed by atoms with van der Waals surface area (Å²) < 4.78 is 1.56. The van der Waals surface area contributed by atoms with Gasteiger partial charge in [-0.2, -0.15) is 6.08 Å². The Morgan fingerprint density at radius 1 is 0.812 bits per heavy atom. The molecule has 1 aliphatic rings. The molecule has 0 saturated heterocycles. The second kappa shape index (κ2) is 13.1. The molecule has 0 aliphatic heterocycles. The van der Waals surface area contributed by atoms with Crippen LogP contribution in [0.4, 0.5) is 0 Å². The van der Waals surface area contributed by atoms with Crippen molar-refractivity contribution in [2.24, 2.45) is 0 Å². The summed E-state index contributed by atoms with van der Waals surface area (Å²) in [5.41, 5.74) is 3.21. The zero-order valence-corrected chi connectivity index (χ0v) is 25.8. The van der Waals surface area contributed by atoms with Crippen LogP contribution in [-0.4, -0.2) is 3.26 Å². The summed E-state index contributed by atoms with van der Waals surface area (Å²) in [6.07, 6.45) is 10.0. The number of allylic oxidation sites excluding steroid dienone is 4. The van der Waals surface area contributed by atoms with Gasteiger partial charge in [-0.25, -0.2) is 12.2 Å². The van der Waals surface area contributed by atoms with E-state index in [0.29, 0.717) is 0 Å². The minimum Gasteiger partial charge on any atom is -1.00 e. The van der Waals surface area contributed by atoms with Crippen LogP contribution in [0.5, 0.6) is 0 Å². The number of fused-ring (bicyclic) bond motifs is 3. The second-order valence-corrected chi connectivity index (χ2v) is 13.8. The molecule has 0 unspecified atom stereocenters. The molecule has 4 rings (SSSR count). The third-order valence-corrected chi connectivity index (χ3v) is 5.02. The molecule has 1 aliphatic carbocycles. The summed E-state index contributed by atoms with van der Waals surface area (Å²) in [6, 6.07) is 16.2. The molecule has 0 atom stereocenters. The van der Waals surface area contributed by atoms with E-state index in [4.69, 9.17) is 0 Å². The van der Waals surface area contributed by atoms with Crippen LogP contribution in [-0.2, 0) is 34.7 Å². The first-order chi connectivity index (χ1) is 13.9. The van der Waals surface area contributed by atoms with Crippen molar-refractivity contribution in [3.8, 4) is 0 Å². The maximum atomic E-state index is 2.99. The van der Waals surface area contributed by atoms with Crippen LogP contribution < -0.4 is 24.8 Å². The van der Waals surface area contributed by atoms with Gasteiger partial charge < -0.3 is 24.8 Å². The summed E-state index contributed by atoms with van der Waals surface area (Å²) in [6.45, 7) is 17.9. The van der Waals surface area contributed by atoms with Crippen molar-refractivity contribution >= 4 is 24.8 Å². The number of halogens is 2. The first kappa shape index (κ1) is 31.1. The Morgan fingerprint density at radius 3 is 1.47 bits per heavy atom. The third kappa shape index (κ3) is 9.16. The molecule has 0 amide bonds. The molecular weight excluding hydrogens is 598 g/mol. The summed E-state index contributed by atoms with van der Waals surface area (Å²) in [7, 11) is 0. The fourth-order valence-electron chi connectivity index (χ4n) is 3.30. The Kier molecular flexibility index (Phi) is 12.7. The molecule has 0 N–H and O–H groups in total. The van der Waals surface area contributed by atoms with E-state index in [9.17, 15) is 0 Å². The quantitative estimate of drug-likeness (QED) is 0.264. The standard InChI is InChI=1S/C21H25.C5H5.C3H6.2ClH.Hf/c1-20(2,3)16-7-9-18-14(12-16)11-15-13-17(21(4,5)6)8-10-19(15)18;1-2-4-5-3-1;1-3-2;;;/h7-13H,1-6H3;1-3H,4H2;1-2H3;2*1H;/q2*-1;;;;+2/p-2. The average molecular weight is 634 g/mol. The fraction of sp³-hybridized carbons (Fsp3) is 0.379. The number of rotatable bonds is 0. The number of hydrogen-bond acceptors (Lipinski definition) is 0. The van der Waals surface area contributed by atoms with Gasteiger partial charge in [-0.3, -0.25) is 6.08 Å². The third-order valence-electron chi connectivity index (χ3n) is 5.02. The monoisotopic (exact) mass is 634 g/mol. The topological polar surface area (TPSA) is 0 Å². The van der Waals surface area contributed by atoms with Crippen LogP contribution in [0.3, 0.4) is 0 Å². The molecule has 0 bridgehead atoms. The molecule has 0 fully saturated rings. The van der Waals surface area contributed by atoms with Crippen molar-refractivity contribution in [2.45, 2.75) is 72.6 Å². The number of benzene rings is 2. The molecule has 3 aromatic rings. The molecular formula is C29H36Cl2Hf-2. The van der Waals surface area contributed by atoms with Crippen LogP contribution in [0.1, 0.15) is 72.9 Å². The van der Waals surface area contributed by atoms with Crippen molar-refractivity contribution in [2.75, 3.05) is 0 Å². The molecule has 0 saturated carbocycles. The van der Waals surface area contributed by atoms with Crippen molar-refractivity contribution < 1.29 is 48.7 Å². The minimum atomic E-state index is 0. The zero-order valence-electron chi connectivity index (χ0n) is 20.7. The van der Waals surface area contributed by atoms with E-state index in [1.165, 1.54) is 56.6 Å². The Labute approximate surface area is 222 Å². The van der Waals surface area contributed by atoms with Gasteiger partial charge in [0, 0.05) is 0 Å². The molecule has 3 heteroatoms. The van der Waals surface area contributed by atoms with Crippen LogP contribution in [0.2, 0.25) is 0 Å². The Hall–Kier alpha value is -0.890. The normalized spacial score (nSPS) is 12.3. The van der Waals surface area contributed by atoms with Gasteiger partial charge in [-0.15, -0.1) is 46.2 Å². The summed E-state index contributed by atoms with van der Waals surface area (Å²) >= 11 is 1.27. The fourth-order valence-corrected chi connectivity index (χ4v) is 3.30. The van der Waals surface area contributed by atoms with Gasteiger partial charge in [0.2, 0.25) is 0 Å². The maximum absolute atomic E-state index is 2.99. The molecule has 3 aromatic carbocycles. The van der Waals surface area contributed by atoms with E-state index < -0.39 is 0 Å². The molecule has 0 heterocycles. The van der Waals surface area contributed by atoms with E-state index in [0.717, 1.165) is 6.42 Å². The van der Waals surface area contributed by atoms with Crippen molar-refractivity contribution in [1.82, 2.24) is 0 Å². The average Bonchev–Trinajstić information content (AvgIpc) is 3.30. The van der Waals surface area contributed by atoms with Crippen molar-refractivity contribution in [1.29, 1.82) is 0 Å². The summed E-state index contributed by atoms with van der Waals surface area (Å²) in [4.78, 5) is 0. The van der Waals surface area contributed by atoms with Crippen molar-refractivity contribution in [3.05, 3.63) is 77.9 Å². The van der Waals surface area contributed by atoms with Gasteiger partial charge in [0.15, 0.2) is 0 Å².